The Hall–Kier alpha value is -1.52. The van der Waals surface area contributed by atoms with Crippen molar-refractivity contribution in [2.45, 2.75) is 51.0 Å². The van der Waals surface area contributed by atoms with Crippen molar-refractivity contribution >= 4 is 5.97 Å². The number of ether oxygens (including phenoxy) is 1. The molecule has 0 atom stereocenters. The zero-order valence-electron chi connectivity index (χ0n) is 9.82. The molecule has 0 aliphatic heterocycles. The molecule has 2 N–H and O–H groups in total. The van der Waals surface area contributed by atoms with Crippen LogP contribution in [0.4, 0.5) is 0 Å². The Morgan fingerprint density at radius 2 is 1.94 bits per heavy atom. The average Bonchev–Trinajstić information content (AvgIpc) is 2.70. The number of aromatic nitrogens is 2. The van der Waals surface area contributed by atoms with E-state index in [4.69, 9.17) is 9.84 Å². The summed E-state index contributed by atoms with van der Waals surface area (Å²) >= 11 is 0. The van der Waals surface area contributed by atoms with Crippen molar-refractivity contribution in [3.8, 4) is 5.88 Å². The second kappa shape index (κ2) is 5.70. The number of H-pyrrole nitrogens is 1. The Kier molecular flexibility index (Phi) is 4.01. The Labute approximate surface area is 100 Å². The van der Waals surface area contributed by atoms with E-state index in [-0.39, 0.29) is 11.7 Å². The first-order valence-corrected chi connectivity index (χ1v) is 6.20. The zero-order chi connectivity index (χ0) is 12.1. The summed E-state index contributed by atoms with van der Waals surface area (Å²) in [5.74, 6) is -0.706. The molecule has 1 aromatic heterocycles. The summed E-state index contributed by atoms with van der Waals surface area (Å²) in [4.78, 5) is 10.9. The molecule has 5 nitrogen and oxygen atoms in total. The monoisotopic (exact) mass is 238 g/mol. The molecular formula is C12H18N2O3. The van der Waals surface area contributed by atoms with Crippen molar-refractivity contribution in [2.24, 2.45) is 0 Å². The Morgan fingerprint density at radius 3 is 2.59 bits per heavy atom. The van der Waals surface area contributed by atoms with Crippen LogP contribution in [0.3, 0.4) is 0 Å². The third kappa shape index (κ3) is 3.22. The van der Waals surface area contributed by atoms with Gasteiger partial charge in [-0.25, -0.2) is 9.89 Å². The highest BCUT2D eigenvalue weighted by molar-refractivity contribution is 5.89. The van der Waals surface area contributed by atoms with Gasteiger partial charge in [0, 0.05) is 0 Å². The van der Waals surface area contributed by atoms with Gasteiger partial charge in [-0.15, -0.1) is 0 Å². The van der Waals surface area contributed by atoms with Gasteiger partial charge >= 0.3 is 5.97 Å². The minimum Gasteiger partial charge on any atom is -0.477 e. The maximum Gasteiger partial charge on any atom is 0.342 e. The fraction of sp³-hybridized carbons (Fsp3) is 0.667. The van der Waals surface area contributed by atoms with Gasteiger partial charge in [-0.1, -0.05) is 19.3 Å². The second-order valence-corrected chi connectivity index (χ2v) is 4.50. The summed E-state index contributed by atoms with van der Waals surface area (Å²) in [6.45, 7) is 0. The molecule has 1 aromatic rings. The van der Waals surface area contributed by atoms with E-state index in [0.29, 0.717) is 5.88 Å². The standard InChI is InChI=1S/C12H18N2O3/c15-12(16)10-8-13-14-11(10)17-9-6-4-2-1-3-5-7-9/h8-9H,1-7H2,(H,13,14)(H,15,16). The number of nitrogens with zero attached hydrogens (tertiary/aromatic N) is 1. The molecule has 0 saturated heterocycles. The van der Waals surface area contributed by atoms with Gasteiger partial charge in [-0.3, -0.25) is 0 Å². The van der Waals surface area contributed by atoms with E-state index in [9.17, 15) is 4.79 Å². The van der Waals surface area contributed by atoms with Gasteiger partial charge in [-0.05, 0) is 25.7 Å². The van der Waals surface area contributed by atoms with Crippen LogP contribution in [0.15, 0.2) is 6.20 Å². The summed E-state index contributed by atoms with van der Waals surface area (Å²) in [6, 6.07) is 0. The van der Waals surface area contributed by atoms with Crippen molar-refractivity contribution in [2.75, 3.05) is 0 Å². The lowest BCUT2D eigenvalue weighted by molar-refractivity contribution is 0.0686. The Balaban J connectivity index is 1.98. The molecule has 0 aromatic carbocycles. The smallest absolute Gasteiger partial charge is 0.342 e. The molecule has 2 rings (SSSR count). The molecule has 0 spiro atoms. The number of carboxylic acid groups (broad SMARTS) is 1. The van der Waals surface area contributed by atoms with Crippen LogP contribution in [0.2, 0.25) is 0 Å². The highest BCUT2D eigenvalue weighted by Gasteiger charge is 2.19. The molecule has 1 saturated carbocycles. The summed E-state index contributed by atoms with van der Waals surface area (Å²) in [6.07, 6.45) is 9.51. The second-order valence-electron chi connectivity index (χ2n) is 4.50. The number of hydrogen-bond acceptors (Lipinski definition) is 3. The number of aromatic carboxylic acids is 1. The molecule has 17 heavy (non-hydrogen) atoms. The molecule has 1 fully saturated rings. The Bertz CT molecular complexity index is 368. The van der Waals surface area contributed by atoms with Gasteiger partial charge in [0.15, 0.2) is 0 Å². The minimum absolute atomic E-state index is 0.118. The summed E-state index contributed by atoms with van der Waals surface area (Å²) < 4.78 is 5.72. The van der Waals surface area contributed by atoms with Crippen LogP contribution in [0.1, 0.15) is 55.3 Å². The van der Waals surface area contributed by atoms with Crippen molar-refractivity contribution in [1.82, 2.24) is 10.2 Å². The molecule has 1 heterocycles. The van der Waals surface area contributed by atoms with Gasteiger partial charge in [0.25, 0.3) is 0 Å². The van der Waals surface area contributed by atoms with E-state index in [2.05, 4.69) is 10.2 Å². The number of hydrogen-bond donors (Lipinski definition) is 2. The van der Waals surface area contributed by atoms with E-state index in [1.54, 1.807) is 0 Å². The van der Waals surface area contributed by atoms with Crippen molar-refractivity contribution in [3.05, 3.63) is 11.8 Å². The van der Waals surface area contributed by atoms with Gasteiger partial charge < -0.3 is 9.84 Å². The summed E-state index contributed by atoms with van der Waals surface area (Å²) in [7, 11) is 0. The van der Waals surface area contributed by atoms with Crippen LogP contribution in [-0.4, -0.2) is 27.4 Å². The molecule has 0 bridgehead atoms. The van der Waals surface area contributed by atoms with Crippen LogP contribution in [0.5, 0.6) is 5.88 Å². The molecule has 1 aliphatic carbocycles. The van der Waals surface area contributed by atoms with Gasteiger partial charge in [0.2, 0.25) is 5.88 Å². The molecule has 1 aliphatic rings. The highest BCUT2D eigenvalue weighted by Crippen LogP contribution is 2.23. The van der Waals surface area contributed by atoms with E-state index in [0.717, 1.165) is 25.7 Å². The fourth-order valence-corrected chi connectivity index (χ4v) is 2.22. The lowest BCUT2D eigenvalue weighted by Crippen LogP contribution is -2.19. The van der Waals surface area contributed by atoms with Crippen LogP contribution < -0.4 is 4.74 Å². The predicted octanol–water partition coefficient (Wildman–Crippen LogP) is 2.60. The van der Waals surface area contributed by atoms with Crippen molar-refractivity contribution < 1.29 is 14.6 Å². The number of nitrogens with one attached hydrogen (secondary N) is 1. The molecule has 0 unspecified atom stereocenters. The topological polar surface area (TPSA) is 75.2 Å². The first-order chi connectivity index (χ1) is 8.27. The molecule has 5 heteroatoms. The lowest BCUT2D eigenvalue weighted by Gasteiger charge is -2.20. The highest BCUT2D eigenvalue weighted by atomic mass is 16.5. The van der Waals surface area contributed by atoms with E-state index in [1.165, 1.54) is 25.5 Å². The Morgan fingerprint density at radius 1 is 1.29 bits per heavy atom. The first-order valence-electron chi connectivity index (χ1n) is 6.20. The number of carbonyl (C=O) groups is 1. The first kappa shape index (κ1) is 12.0. The third-order valence-corrected chi connectivity index (χ3v) is 3.17. The van der Waals surface area contributed by atoms with Crippen LogP contribution in [0, 0.1) is 0 Å². The third-order valence-electron chi connectivity index (χ3n) is 3.17. The SMILES string of the molecule is O=C(O)c1cn[nH]c1OC1CCCCCCC1. The van der Waals surface area contributed by atoms with Crippen LogP contribution in [-0.2, 0) is 0 Å². The van der Waals surface area contributed by atoms with E-state index < -0.39 is 5.97 Å². The number of carboxylic acids is 1. The maximum atomic E-state index is 10.9. The normalized spacial score (nSPS) is 18.4. The predicted molar refractivity (Wildman–Crippen MR) is 62.3 cm³/mol. The van der Waals surface area contributed by atoms with E-state index in [1.807, 2.05) is 0 Å². The number of rotatable bonds is 3. The molecule has 94 valence electrons. The largest absolute Gasteiger partial charge is 0.477 e. The number of aromatic amines is 1. The zero-order valence-corrected chi connectivity index (χ0v) is 9.82. The van der Waals surface area contributed by atoms with Gasteiger partial charge in [0.05, 0.1) is 6.20 Å². The summed E-state index contributed by atoms with van der Waals surface area (Å²) in [5.41, 5.74) is 0.118. The van der Waals surface area contributed by atoms with E-state index >= 15 is 0 Å². The van der Waals surface area contributed by atoms with Crippen molar-refractivity contribution in [1.29, 1.82) is 0 Å². The van der Waals surface area contributed by atoms with Crippen LogP contribution >= 0.6 is 0 Å². The lowest BCUT2D eigenvalue weighted by atomic mass is 9.98. The van der Waals surface area contributed by atoms with Gasteiger partial charge in [0.1, 0.15) is 11.7 Å². The molecule has 0 amide bonds. The van der Waals surface area contributed by atoms with Crippen molar-refractivity contribution in [3.63, 3.8) is 0 Å². The summed E-state index contributed by atoms with van der Waals surface area (Å²) in [5, 5.41) is 15.3. The fourth-order valence-electron chi connectivity index (χ4n) is 2.22. The minimum atomic E-state index is -1.00. The molecule has 0 radical (unpaired) electrons. The maximum absolute atomic E-state index is 10.9. The van der Waals surface area contributed by atoms with Crippen LogP contribution in [0.25, 0.3) is 0 Å². The molecular weight excluding hydrogens is 220 g/mol. The quantitative estimate of drug-likeness (QED) is 0.848. The van der Waals surface area contributed by atoms with Gasteiger partial charge in [-0.2, -0.15) is 5.10 Å². The average molecular weight is 238 g/mol.